The molecule has 2 aromatic rings. The van der Waals surface area contributed by atoms with E-state index >= 15 is 0 Å². The number of nitrogens with zero attached hydrogens (tertiary/aromatic N) is 4. The van der Waals surface area contributed by atoms with Gasteiger partial charge in [-0.15, -0.1) is 0 Å². The van der Waals surface area contributed by atoms with Crippen LogP contribution in [0.25, 0.3) is 0 Å². The van der Waals surface area contributed by atoms with E-state index in [0.717, 1.165) is 12.1 Å². The molecule has 0 saturated carbocycles. The average molecular weight is 383 g/mol. The van der Waals surface area contributed by atoms with Crippen LogP contribution in [-0.4, -0.2) is 59.8 Å². The molecule has 0 spiro atoms. The van der Waals surface area contributed by atoms with Crippen molar-refractivity contribution in [2.24, 2.45) is 5.41 Å². The summed E-state index contributed by atoms with van der Waals surface area (Å²) in [6.07, 6.45) is 2.76. The number of carbonyl (C=O) groups is 2. The van der Waals surface area contributed by atoms with Gasteiger partial charge < -0.3 is 19.5 Å². The van der Waals surface area contributed by atoms with Crippen molar-refractivity contribution >= 4 is 23.5 Å². The molecule has 0 aromatic carbocycles. The van der Waals surface area contributed by atoms with Crippen molar-refractivity contribution in [2.75, 3.05) is 43.4 Å². The van der Waals surface area contributed by atoms with E-state index in [9.17, 15) is 9.59 Å². The molecule has 8 nitrogen and oxygen atoms in total. The van der Waals surface area contributed by atoms with E-state index in [1.807, 2.05) is 0 Å². The van der Waals surface area contributed by atoms with Crippen molar-refractivity contribution in [3.63, 3.8) is 0 Å². The van der Waals surface area contributed by atoms with Gasteiger partial charge >= 0.3 is 0 Å². The Morgan fingerprint density at radius 1 is 1.18 bits per heavy atom. The molecule has 1 saturated heterocycles. The standard InChI is InChI=1S/C20H25N5O3/c1-20(2)11-13-16(14(26)12-20)17(21-3)23-19(22-13)25-8-6-24(7-9-25)18(27)15-5-4-10-28-15/h4-5,10H,6-9,11-12H2,1-3H3,(H,21,22,23). The Morgan fingerprint density at radius 3 is 2.57 bits per heavy atom. The lowest BCUT2D eigenvalue weighted by Crippen LogP contribution is -2.49. The maximum atomic E-state index is 12.6. The van der Waals surface area contributed by atoms with Gasteiger partial charge in [0.25, 0.3) is 5.91 Å². The Labute approximate surface area is 163 Å². The monoisotopic (exact) mass is 383 g/mol. The van der Waals surface area contributed by atoms with Gasteiger partial charge in [0, 0.05) is 39.6 Å². The quantitative estimate of drug-likeness (QED) is 0.869. The largest absolute Gasteiger partial charge is 0.459 e. The van der Waals surface area contributed by atoms with Gasteiger partial charge in [0.2, 0.25) is 5.95 Å². The fourth-order valence-corrected chi connectivity index (χ4v) is 3.94. The second kappa shape index (κ2) is 6.92. The second-order valence-electron chi connectivity index (χ2n) is 8.14. The summed E-state index contributed by atoms with van der Waals surface area (Å²) in [7, 11) is 1.78. The number of aromatic nitrogens is 2. The summed E-state index contributed by atoms with van der Waals surface area (Å²) in [6, 6.07) is 3.39. The van der Waals surface area contributed by atoms with E-state index in [1.165, 1.54) is 6.26 Å². The maximum absolute atomic E-state index is 12.6. The van der Waals surface area contributed by atoms with Crippen LogP contribution in [0.5, 0.6) is 0 Å². The number of fused-ring (bicyclic) bond motifs is 1. The number of hydrogen-bond acceptors (Lipinski definition) is 7. The third-order valence-electron chi connectivity index (χ3n) is 5.35. The summed E-state index contributed by atoms with van der Waals surface area (Å²) >= 11 is 0. The first-order valence-corrected chi connectivity index (χ1v) is 9.57. The first-order valence-electron chi connectivity index (χ1n) is 9.57. The zero-order valence-corrected chi connectivity index (χ0v) is 16.5. The molecule has 1 aliphatic carbocycles. The number of amides is 1. The summed E-state index contributed by atoms with van der Waals surface area (Å²) in [6.45, 7) is 6.58. The van der Waals surface area contributed by atoms with Crippen LogP contribution in [0, 0.1) is 5.41 Å². The summed E-state index contributed by atoms with van der Waals surface area (Å²) < 4.78 is 5.21. The van der Waals surface area contributed by atoms with Crippen LogP contribution in [0.2, 0.25) is 0 Å². The molecule has 0 radical (unpaired) electrons. The van der Waals surface area contributed by atoms with Crippen molar-refractivity contribution in [3.05, 3.63) is 35.4 Å². The Hall–Kier alpha value is -2.90. The van der Waals surface area contributed by atoms with Crippen molar-refractivity contribution in [1.29, 1.82) is 0 Å². The van der Waals surface area contributed by atoms with Crippen LogP contribution in [0.1, 0.15) is 46.9 Å². The zero-order valence-electron chi connectivity index (χ0n) is 16.5. The lowest BCUT2D eigenvalue weighted by atomic mass is 9.76. The van der Waals surface area contributed by atoms with Gasteiger partial charge in [-0.2, -0.15) is 4.98 Å². The minimum atomic E-state index is -0.102. The van der Waals surface area contributed by atoms with Crippen LogP contribution in [0.4, 0.5) is 11.8 Å². The Balaban J connectivity index is 1.54. The van der Waals surface area contributed by atoms with E-state index in [0.29, 0.717) is 55.7 Å². The second-order valence-corrected chi connectivity index (χ2v) is 8.14. The summed E-state index contributed by atoms with van der Waals surface area (Å²) in [5, 5.41) is 3.06. The molecule has 1 amide bonds. The molecule has 0 bridgehead atoms. The van der Waals surface area contributed by atoms with Crippen molar-refractivity contribution in [3.8, 4) is 0 Å². The van der Waals surface area contributed by atoms with E-state index in [-0.39, 0.29) is 17.1 Å². The fraction of sp³-hybridized carbons (Fsp3) is 0.500. The molecule has 148 valence electrons. The van der Waals surface area contributed by atoms with Crippen molar-refractivity contribution in [2.45, 2.75) is 26.7 Å². The third kappa shape index (κ3) is 3.34. The SMILES string of the molecule is CNc1nc(N2CCN(C(=O)c3ccco3)CC2)nc2c1C(=O)CC(C)(C)C2. The number of piperazine rings is 1. The molecule has 8 heteroatoms. The fourth-order valence-electron chi connectivity index (χ4n) is 3.94. The van der Waals surface area contributed by atoms with Gasteiger partial charge in [-0.25, -0.2) is 4.98 Å². The molecule has 1 aliphatic heterocycles. The minimum absolute atomic E-state index is 0.0935. The lowest BCUT2D eigenvalue weighted by Gasteiger charge is -2.36. The number of hydrogen-bond donors (Lipinski definition) is 1. The van der Waals surface area contributed by atoms with Gasteiger partial charge in [0.15, 0.2) is 11.5 Å². The molecule has 0 atom stereocenters. The van der Waals surface area contributed by atoms with E-state index in [2.05, 4.69) is 29.0 Å². The first-order chi connectivity index (χ1) is 13.4. The molecule has 2 aliphatic rings. The predicted molar refractivity (Wildman–Crippen MR) is 105 cm³/mol. The number of Topliss-reactive ketones (excluding diaryl/α,β-unsaturated/α-hetero) is 1. The van der Waals surface area contributed by atoms with E-state index < -0.39 is 0 Å². The third-order valence-corrected chi connectivity index (χ3v) is 5.35. The van der Waals surface area contributed by atoms with Crippen LogP contribution in [-0.2, 0) is 6.42 Å². The molecular formula is C20H25N5O3. The van der Waals surface area contributed by atoms with E-state index in [1.54, 1.807) is 24.1 Å². The number of furan rings is 1. The number of nitrogens with one attached hydrogen (secondary N) is 1. The number of anilines is 2. The first kappa shape index (κ1) is 18.5. The smallest absolute Gasteiger partial charge is 0.289 e. The topological polar surface area (TPSA) is 91.6 Å². The highest BCUT2D eigenvalue weighted by Gasteiger charge is 2.35. The Morgan fingerprint density at radius 2 is 1.93 bits per heavy atom. The molecule has 3 heterocycles. The highest BCUT2D eigenvalue weighted by molar-refractivity contribution is 6.03. The minimum Gasteiger partial charge on any atom is -0.459 e. The van der Waals surface area contributed by atoms with Gasteiger partial charge in [-0.1, -0.05) is 13.8 Å². The molecule has 1 fully saturated rings. The van der Waals surface area contributed by atoms with Crippen LogP contribution >= 0.6 is 0 Å². The van der Waals surface area contributed by atoms with Gasteiger partial charge in [0.05, 0.1) is 17.5 Å². The molecule has 2 aromatic heterocycles. The van der Waals surface area contributed by atoms with Crippen LogP contribution in [0.15, 0.2) is 22.8 Å². The van der Waals surface area contributed by atoms with Gasteiger partial charge in [0.1, 0.15) is 5.82 Å². The summed E-state index contributed by atoms with van der Waals surface area (Å²) in [4.78, 5) is 38.2. The van der Waals surface area contributed by atoms with E-state index in [4.69, 9.17) is 9.40 Å². The number of ketones is 1. The molecule has 1 N–H and O–H groups in total. The predicted octanol–water partition coefficient (Wildman–Crippen LogP) is 2.23. The molecule has 4 rings (SSSR count). The van der Waals surface area contributed by atoms with Crippen LogP contribution in [0.3, 0.4) is 0 Å². The lowest BCUT2D eigenvalue weighted by molar-refractivity contribution is 0.0713. The maximum Gasteiger partial charge on any atom is 0.289 e. The average Bonchev–Trinajstić information content (AvgIpc) is 3.20. The Kier molecular flexibility index (Phi) is 4.56. The van der Waals surface area contributed by atoms with Crippen molar-refractivity contribution in [1.82, 2.24) is 14.9 Å². The molecular weight excluding hydrogens is 358 g/mol. The van der Waals surface area contributed by atoms with Crippen molar-refractivity contribution < 1.29 is 14.0 Å². The highest BCUT2D eigenvalue weighted by Crippen LogP contribution is 2.37. The van der Waals surface area contributed by atoms with Gasteiger partial charge in [-0.3, -0.25) is 9.59 Å². The van der Waals surface area contributed by atoms with Gasteiger partial charge in [-0.05, 0) is 24.0 Å². The molecule has 28 heavy (non-hydrogen) atoms. The Bertz CT molecular complexity index is 899. The number of carbonyl (C=O) groups excluding carboxylic acids is 2. The summed E-state index contributed by atoms with van der Waals surface area (Å²) in [5.41, 5.74) is 1.33. The summed E-state index contributed by atoms with van der Waals surface area (Å²) in [5.74, 6) is 1.56. The normalized spacial score (nSPS) is 18.8. The zero-order chi connectivity index (χ0) is 19.9. The number of rotatable bonds is 3. The highest BCUT2D eigenvalue weighted by atomic mass is 16.3. The molecule has 0 unspecified atom stereocenters. The van der Waals surface area contributed by atoms with Crippen LogP contribution < -0.4 is 10.2 Å².